The van der Waals surface area contributed by atoms with Crippen LogP contribution in [0.1, 0.15) is 42.5 Å². The lowest BCUT2D eigenvalue weighted by Gasteiger charge is -2.47. The van der Waals surface area contributed by atoms with Gasteiger partial charge in [-0.25, -0.2) is 0 Å². The Hall–Kier alpha value is -2.08. The second-order valence-electron chi connectivity index (χ2n) is 7.69. The van der Waals surface area contributed by atoms with Crippen molar-refractivity contribution in [1.29, 1.82) is 0 Å². The Morgan fingerprint density at radius 1 is 1.19 bits per heavy atom. The van der Waals surface area contributed by atoms with Crippen LogP contribution in [0.15, 0.2) is 24.3 Å². The summed E-state index contributed by atoms with van der Waals surface area (Å²) in [4.78, 5) is 29.0. The van der Waals surface area contributed by atoms with Crippen LogP contribution in [0.4, 0.5) is 0 Å². The summed E-state index contributed by atoms with van der Waals surface area (Å²) >= 11 is 0. The molecule has 0 aromatic heterocycles. The predicted octanol–water partition coefficient (Wildman–Crippen LogP) is 2.58. The van der Waals surface area contributed by atoms with Crippen LogP contribution in [-0.2, 0) is 9.53 Å². The molecule has 2 saturated heterocycles. The molecular weight excluding hydrogens is 344 g/mol. The average Bonchev–Trinajstić information content (AvgIpc) is 2.71. The molecule has 0 unspecified atom stereocenters. The van der Waals surface area contributed by atoms with Crippen LogP contribution in [-0.4, -0.2) is 68.6 Å². The highest BCUT2D eigenvalue weighted by Gasteiger charge is 2.41. The first kappa shape index (κ1) is 19.7. The smallest absolute Gasteiger partial charge is 0.253 e. The Kier molecular flexibility index (Phi) is 6.37. The standard InChI is InChI=1S/C21H30N2O4/c1-26-14-4-11-23-16-21(8-7-19(23)24)9-12-22(13-10-21)20(25)17-5-3-6-18(15-17)27-2/h3,5-6,15H,4,7-14,16H2,1-2H3. The van der Waals surface area contributed by atoms with Gasteiger partial charge in [-0.15, -0.1) is 0 Å². The zero-order valence-corrected chi connectivity index (χ0v) is 16.4. The molecule has 1 aromatic rings. The van der Waals surface area contributed by atoms with Crippen molar-refractivity contribution >= 4 is 11.8 Å². The number of amides is 2. The van der Waals surface area contributed by atoms with Crippen LogP contribution in [0.5, 0.6) is 5.75 Å². The Labute approximate surface area is 161 Å². The molecule has 2 aliphatic heterocycles. The molecule has 2 heterocycles. The topological polar surface area (TPSA) is 59.1 Å². The van der Waals surface area contributed by atoms with Crippen LogP contribution < -0.4 is 4.74 Å². The van der Waals surface area contributed by atoms with Crippen LogP contribution >= 0.6 is 0 Å². The van der Waals surface area contributed by atoms with Crippen molar-refractivity contribution in [2.75, 3.05) is 47.0 Å². The van der Waals surface area contributed by atoms with Gasteiger partial charge >= 0.3 is 0 Å². The van der Waals surface area contributed by atoms with Crippen LogP contribution in [0, 0.1) is 5.41 Å². The summed E-state index contributed by atoms with van der Waals surface area (Å²) < 4.78 is 10.3. The van der Waals surface area contributed by atoms with Gasteiger partial charge in [-0.2, -0.15) is 0 Å². The van der Waals surface area contributed by atoms with E-state index in [0.717, 1.165) is 51.9 Å². The van der Waals surface area contributed by atoms with Crippen LogP contribution in [0.2, 0.25) is 0 Å². The van der Waals surface area contributed by atoms with E-state index >= 15 is 0 Å². The van der Waals surface area contributed by atoms with Crippen molar-refractivity contribution in [1.82, 2.24) is 9.80 Å². The number of benzene rings is 1. The highest BCUT2D eigenvalue weighted by molar-refractivity contribution is 5.94. The molecule has 0 N–H and O–H groups in total. The minimum Gasteiger partial charge on any atom is -0.497 e. The minimum absolute atomic E-state index is 0.0626. The number of hydrogen-bond donors (Lipinski definition) is 0. The van der Waals surface area contributed by atoms with Gasteiger partial charge in [-0.1, -0.05) is 6.07 Å². The fourth-order valence-corrected chi connectivity index (χ4v) is 4.24. The zero-order valence-electron chi connectivity index (χ0n) is 16.4. The number of piperidine rings is 2. The van der Waals surface area contributed by atoms with Gasteiger partial charge in [0.2, 0.25) is 5.91 Å². The molecule has 6 nitrogen and oxygen atoms in total. The lowest BCUT2D eigenvalue weighted by molar-refractivity contribution is -0.139. The van der Waals surface area contributed by atoms with Gasteiger partial charge in [-0.3, -0.25) is 9.59 Å². The van der Waals surface area contributed by atoms with E-state index in [9.17, 15) is 9.59 Å². The van der Waals surface area contributed by atoms with Gasteiger partial charge in [0.15, 0.2) is 0 Å². The summed E-state index contributed by atoms with van der Waals surface area (Å²) in [5.74, 6) is 1.02. The third kappa shape index (κ3) is 4.61. The summed E-state index contributed by atoms with van der Waals surface area (Å²) in [6.07, 6.45) is 4.34. The first-order valence-electron chi connectivity index (χ1n) is 9.77. The van der Waals surface area contributed by atoms with Gasteiger partial charge < -0.3 is 19.3 Å². The Bertz CT molecular complexity index is 668. The maximum atomic E-state index is 12.8. The summed E-state index contributed by atoms with van der Waals surface area (Å²) in [6.45, 7) is 3.75. The molecule has 0 radical (unpaired) electrons. The van der Waals surface area contributed by atoms with Crippen molar-refractivity contribution in [3.05, 3.63) is 29.8 Å². The van der Waals surface area contributed by atoms with Gasteiger partial charge in [0.05, 0.1) is 7.11 Å². The molecule has 2 amide bonds. The molecule has 1 aromatic carbocycles. The number of likely N-dealkylation sites (tertiary alicyclic amines) is 2. The van der Waals surface area contributed by atoms with Crippen LogP contribution in [0.25, 0.3) is 0 Å². The molecule has 0 aliphatic carbocycles. The number of rotatable bonds is 6. The summed E-state index contributed by atoms with van der Waals surface area (Å²) in [7, 11) is 3.30. The minimum atomic E-state index is 0.0626. The largest absolute Gasteiger partial charge is 0.497 e. The van der Waals surface area contributed by atoms with E-state index in [2.05, 4.69) is 0 Å². The maximum Gasteiger partial charge on any atom is 0.253 e. The van der Waals surface area contributed by atoms with E-state index in [1.165, 1.54) is 0 Å². The van der Waals surface area contributed by atoms with Gasteiger partial charge in [-0.05, 0) is 49.3 Å². The fraction of sp³-hybridized carbons (Fsp3) is 0.619. The SMILES string of the molecule is COCCCN1CC2(CCC1=O)CCN(C(=O)c1cccc(OC)c1)CC2. The highest BCUT2D eigenvalue weighted by atomic mass is 16.5. The van der Waals surface area contributed by atoms with E-state index in [1.807, 2.05) is 28.0 Å². The molecular formula is C21H30N2O4. The van der Waals surface area contributed by atoms with Crippen molar-refractivity contribution in [3.8, 4) is 5.75 Å². The lowest BCUT2D eigenvalue weighted by Crippen LogP contribution is -2.52. The molecule has 148 valence electrons. The van der Waals surface area contributed by atoms with Crippen LogP contribution in [0.3, 0.4) is 0 Å². The average molecular weight is 374 g/mol. The van der Waals surface area contributed by atoms with Crippen molar-refractivity contribution < 1.29 is 19.1 Å². The number of hydrogen-bond acceptors (Lipinski definition) is 4. The number of ether oxygens (including phenoxy) is 2. The van der Waals surface area contributed by atoms with Gasteiger partial charge in [0.25, 0.3) is 5.91 Å². The zero-order chi connectivity index (χ0) is 19.3. The molecule has 3 rings (SSSR count). The third-order valence-electron chi connectivity index (χ3n) is 5.95. The molecule has 0 saturated carbocycles. The van der Waals surface area contributed by atoms with Crippen molar-refractivity contribution in [2.45, 2.75) is 32.1 Å². The number of carbonyl (C=O) groups is 2. The first-order valence-corrected chi connectivity index (χ1v) is 9.77. The third-order valence-corrected chi connectivity index (χ3v) is 5.95. The number of carbonyl (C=O) groups excluding carboxylic acids is 2. The second kappa shape index (κ2) is 8.74. The van der Waals surface area contributed by atoms with Crippen molar-refractivity contribution in [3.63, 3.8) is 0 Å². The monoisotopic (exact) mass is 374 g/mol. The first-order chi connectivity index (χ1) is 13.1. The molecule has 1 spiro atoms. The van der Waals surface area contributed by atoms with Gasteiger partial charge in [0.1, 0.15) is 5.75 Å². The summed E-state index contributed by atoms with van der Waals surface area (Å²) in [5.41, 5.74) is 0.830. The lowest BCUT2D eigenvalue weighted by atomic mass is 9.72. The van der Waals surface area contributed by atoms with E-state index in [1.54, 1.807) is 20.3 Å². The highest BCUT2D eigenvalue weighted by Crippen LogP contribution is 2.40. The summed E-state index contributed by atoms with van der Waals surface area (Å²) in [6, 6.07) is 7.33. The Balaban J connectivity index is 1.58. The van der Waals surface area contributed by atoms with E-state index in [4.69, 9.17) is 9.47 Å². The molecule has 0 atom stereocenters. The molecule has 6 heteroatoms. The molecule has 2 aliphatic rings. The van der Waals surface area contributed by atoms with Gasteiger partial charge in [0, 0.05) is 51.9 Å². The van der Waals surface area contributed by atoms with E-state index < -0.39 is 0 Å². The van der Waals surface area contributed by atoms with Crippen molar-refractivity contribution in [2.24, 2.45) is 5.41 Å². The Morgan fingerprint density at radius 3 is 2.67 bits per heavy atom. The Morgan fingerprint density at radius 2 is 1.96 bits per heavy atom. The molecule has 0 bridgehead atoms. The van der Waals surface area contributed by atoms with E-state index in [0.29, 0.717) is 24.3 Å². The summed E-state index contributed by atoms with van der Waals surface area (Å²) in [5, 5.41) is 0. The quantitative estimate of drug-likeness (QED) is 0.718. The number of nitrogens with zero attached hydrogens (tertiary/aromatic N) is 2. The molecule has 27 heavy (non-hydrogen) atoms. The second-order valence-corrected chi connectivity index (χ2v) is 7.69. The fourth-order valence-electron chi connectivity index (χ4n) is 4.24. The van der Waals surface area contributed by atoms with E-state index in [-0.39, 0.29) is 17.2 Å². The molecule has 2 fully saturated rings. The maximum absolute atomic E-state index is 12.8. The number of methoxy groups -OCH3 is 2. The predicted molar refractivity (Wildman–Crippen MR) is 103 cm³/mol. The normalized spacial score (nSPS) is 19.4.